The summed E-state index contributed by atoms with van der Waals surface area (Å²) in [5.41, 5.74) is 7.30. The Hall–Kier alpha value is -2.10. The van der Waals surface area contributed by atoms with Crippen LogP contribution in [0.15, 0.2) is 42.5 Å². The fourth-order valence-corrected chi connectivity index (χ4v) is 4.24. The van der Waals surface area contributed by atoms with Crippen LogP contribution in [0.4, 0.5) is 0 Å². The molecule has 3 heterocycles. The van der Waals surface area contributed by atoms with Gasteiger partial charge in [-0.05, 0) is 38.5 Å². The molecule has 0 amide bonds. The lowest BCUT2D eigenvalue weighted by Gasteiger charge is -2.34. The van der Waals surface area contributed by atoms with Crippen LogP contribution in [0.1, 0.15) is 27.9 Å². The van der Waals surface area contributed by atoms with Gasteiger partial charge in [0.15, 0.2) is 0 Å². The molecule has 0 unspecified atom stereocenters. The maximum atomic E-state index is 6.43. The van der Waals surface area contributed by atoms with Gasteiger partial charge in [0.05, 0.1) is 18.8 Å². The van der Waals surface area contributed by atoms with Crippen LogP contribution in [0.5, 0.6) is 0 Å². The molecule has 0 spiro atoms. The van der Waals surface area contributed by atoms with Gasteiger partial charge in [-0.25, -0.2) is 0 Å². The molecule has 2 aliphatic rings. The van der Waals surface area contributed by atoms with E-state index in [1.54, 1.807) is 0 Å². The highest BCUT2D eigenvalue weighted by atomic mass is 16.7. The highest BCUT2D eigenvalue weighted by Gasteiger charge is 2.51. The summed E-state index contributed by atoms with van der Waals surface area (Å²) in [6, 6.07) is 15.2. The van der Waals surface area contributed by atoms with Crippen molar-refractivity contribution in [1.29, 1.82) is 0 Å². The van der Waals surface area contributed by atoms with Crippen LogP contribution in [0, 0.1) is 20.8 Å². The van der Waals surface area contributed by atoms with E-state index < -0.39 is 5.79 Å². The summed E-state index contributed by atoms with van der Waals surface area (Å²) in [6.07, 6.45) is 0.107. The molecule has 2 aliphatic heterocycles. The molecule has 0 saturated carbocycles. The van der Waals surface area contributed by atoms with Crippen LogP contribution < -0.4 is 0 Å². The molecular weight excluding hydrogens is 298 g/mol. The largest absolute Gasteiger partial charge is 0.338 e. The molecule has 1 saturated heterocycles. The average Bonchev–Trinajstić information content (AvgIpc) is 3.06. The van der Waals surface area contributed by atoms with E-state index in [1.807, 2.05) is 0 Å². The fraction of sp³-hybridized carbons (Fsp3) is 0.333. The third-order valence-electron chi connectivity index (χ3n) is 5.41. The van der Waals surface area contributed by atoms with Gasteiger partial charge in [-0.2, -0.15) is 0 Å². The Balaban J connectivity index is 1.83. The molecule has 2 bridgehead atoms. The molecule has 0 radical (unpaired) electrons. The Kier molecular flexibility index (Phi) is 2.80. The van der Waals surface area contributed by atoms with Crippen LogP contribution in [0.3, 0.4) is 0 Å². The molecule has 2 aromatic carbocycles. The molecule has 3 nitrogen and oxygen atoms in total. The van der Waals surface area contributed by atoms with Crippen molar-refractivity contribution in [2.45, 2.75) is 39.2 Å². The third kappa shape index (κ3) is 1.74. The minimum Gasteiger partial charge on any atom is -0.338 e. The SMILES string of the molecule is Cc1ccc([C@@]23OC[C@@H](Cn4c2c(C)c2cc(C)ccc24)O3)cc1. The number of nitrogens with zero attached hydrogens (tertiary/aromatic N) is 1. The van der Waals surface area contributed by atoms with Gasteiger partial charge in [0, 0.05) is 16.5 Å². The zero-order valence-electron chi connectivity index (χ0n) is 14.3. The topological polar surface area (TPSA) is 23.4 Å². The van der Waals surface area contributed by atoms with Crippen molar-refractivity contribution in [2.75, 3.05) is 6.61 Å². The molecule has 5 rings (SSSR count). The Morgan fingerprint density at radius 3 is 2.54 bits per heavy atom. The van der Waals surface area contributed by atoms with Crippen LogP contribution >= 0.6 is 0 Å². The highest BCUT2D eigenvalue weighted by Crippen LogP contribution is 2.48. The smallest absolute Gasteiger partial charge is 0.238 e. The van der Waals surface area contributed by atoms with Gasteiger partial charge in [0.1, 0.15) is 6.10 Å². The van der Waals surface area contributed by atoms with Crippen LogP contribution in [-0.4, -0.2) is 17.3 Å². The first kappa shape index (κ1) is 14.3. The zero-order valence-corrected chi connectivity index (χ0v) is 14.3. The van der Waals surface area contributed by atoms with E-state index in [9.17, 15) is 0 Å². The Labute approximate surface area is 141 Å². The first-order valence-corrected chi connectivity index (χ1v) is 8.57. The van der Waals surface area contributed by atoms with Gasteiger partial charge >= 0.3 is 0 Å². The normalized spacial score (nSPS) is 25.2. The van der Waals surface area contributed by atoms with Gasteiger partial charge in [-0.3, -0.25) is 0 Å². The number of aromatic nitrogens is 1. The molecule has 1 aromatic heterocycles. The summed E-state index contributed by atoms with van der Waals surface area (Å²) in [7, 11) is 0. The van der Waals surface area contributed by atoms with Crippen molar-refractivity contribution < 1.29 is 9.47 Å². The van der Waals surface area contributed by atoms with E-state index in [4.69, 9.17) is 9.47 Å². The Morgan fingerprint density at radius 1 is 1.00 bits per heavy atom. The molecular formula is C21H21NO2. The molecule has 3 aromatic rings. The van der Waals surface area contributed by atoms with Crippen molar-refractivity contribution in [3.63, 3.8) is 0 Å². The first-order valence-electron chi connectivity index (χ1n) is 8.57. The number of fused-ring (bicyclic) bond motifs is 6. The van der Waals surface area contributed by atoms with E-state index in [2.05, 4.69) is 67.8 Å². The molecule has 2 atom stereocenters. The van der Waals surface area contributed by atoms with E-state index in [-0.39, 0.29) is 6.10 Å². The summed E-state index contributed by atoms with van der Waals surface area (Å²) in [4.78, 5) is 0. The summed E-state index contributed by atoms with van der Waals surface area (Å²) < 4.78 is 15.2. The molecule has 24 heavy (non-hydrogen) atoms. The molecule has 3 heteroatoms. The summed E-state index contributed by atoms with van der Waals surface area (Å²) in [6.45, 7) is 7.94. The maximum absolute atomic E-state index is 6.43. The van der Waals surface area contributed by atoms with Gasteiger partial charge in [-0.1, -0.05) is 41.5 Å². The van der Waals surface area contributed by atoms with E-state index in [0.29, 0.717) is 6.61 Å². The minimum absolute atomic E-state index is 0.107. The number of aryl methyl sites for hydroxylation is 3. The number of hydrogen-bond donors (Lipinski definition) is 0. The lowest BCUT2D eigenvalue weighted by molar-refractivity contribution is -0.160. The number of benzene rings is 2. The average molecular weight is 319 g/mol. The molecule has 1 fully saturated rings. The van der Waals surface area contributed by atoms with Crippen molar-refractivity contribution in [2.24, 2.45) is 0 Å². The second-order valence-corrected chi connectivity index (χ2v) is 7.14. The van der Waals surface area contributed by atoms with E-state index >= 15 is 0 Å². The monoisotopic (exact) mass is 319 g/mol. The molecule has 0 N–H and O–H groups in total. The molecule has 0 aliphatic carbocycles. The maximum Gasteiger partial charge on any atom is 0.238 e. The minimum atomic E-state index is -0.770. The van der Waals surface area contributed by atoms with E-state index in [0.717, 1.165) is 17.8 Å². The fourth-order valence-electron chi connectivity index (χ4n) is 4.24. The second kappa shape index (κ2) is 4.71. The summed E-state index contributed by atoms with van der Waals surface area (Å²) in [5.74, 6) is -0.770. The quantitative estimate of drug-likeness (QED) is 0.671. The van der Waals surface area contributed by atoms with Crippen molar-refractivity contribution in [1.82, 2.24) is 4.57 Å². The number of ether oxygens (including phenoxy) is 2. The Morgan fingerprint density at radius 2 is 1.75 bits per heavy atom. The van der Waals surface area contributed by atoms with Crippen molar-refractivity contribution >= 4 is 10.9 Å². The highest BCUT2D eigenvalue weighted by molar-refractivity contribution is 5.86. The summed E-state index contributed by atoms with van der Waals surface area (Å²) in [5, 5.41) is 1.30. The number of hydrogen-bond acceptors (Lipinski definition) is 2. The van der Waals surface area contributed by atoms with Crippen molar-refractivity contribution in [3.05, 3.63) is 70.4 Å². The predicted octanol–water partition coefficient (Wildman–Crippen LogP) is 4.20. The van der Waals surface area contributed by atoms with Gasteiger partial charge in [0.2, 0.25) is 5.79 Å². The van der Waals surface area contributed by atoms with Crippen LogP contribution in [0.25, 0.3) is 10.9 Å². The van der Waals surface area contributed by atoms with Gasteiger partial charge < -0.3 is 14.0 Å². The first-order chi connectivity index (χ1) is 11.6. The van der Waals surface area contributed by atoms with Gasteiger partial charge in [0.25, 0.3) is 0 Å². The number of rotatable bonds is 1. The third-order valence-corrected chi connectivity index (χ3v) is 5.41. The molecule has 122 valence electrons. The second-order valence-electron chi connectivity index (χ2n) is 7.14. The summed E-state index contributed by atoms with van der Waals surface area (Å²) >= 11 is 0. The van der Waals surface area contributed by atoms with Gasteiger partial charge in [-0.15, -0.1) is 0 Å². The predicted molar refractivity (Wildman–Crippen MR) is 94.2 cm³/mol. The standard InChI is InChI=1S/C21H21NO2/c1-13-4-7-16(8-5-13)21-20-15(3)18-10-14(2)6-9-19(18)22(20)11-17(24-21)12-23-21/h4-10,17H,11-12H2,1-3H3/t17-,21+/m1/s1. The lowest BCUT2D eigenvalue weighted by atomic mass is 9.97. The Bertz CT molecular complexity index is 954. The van der Waals surface area contributed by atoms with E-state index in [1.165, 1.54) is 27.6 Å². The lowest BCUT2D eigenvalue weighted by Crippen LogP contribution is -2.38. The zero-order chi connectivity index (χ0) is 16.5. The van der Waals surface area contributed by atoms with Crippen LogP contribution in [0.2, 0.25) is 0 Å². The van der Waals surface area contributed by atoms with Crippen molar-refractivity contribution in [3.8, 4) is 0 Å². The van der Waals surface area contributed by atoms with Crippen LogP contribution in [-0.2, 0) is 21.8 Å².